The molecule has 4 aromatic rings. The number of rotatable bonds is 7. The van der Waals surface area contributed by atoms with Crippen LogP contribution in [0.3, 0.4) is 0 Å². The predicted molar refractivity (Wildman–Crippen MR) is 177 cm³/mol. The summed E-state index contributed by atoms with van der Waals surface area (Å²) in [5, 5.41) is 14.8. The first kappa shape index (κ1) is 30.9. The van der Waals surface area contributed by atoms with Gasteiger partial charge in [-0.3, -0.25) is 4.90 Å². The molecule has 1 aliphatic carbocycles. The van der Waals surface area contributed by atoms with Crippen LogP contribution in [0.4, 0.5) is 19.0 Å². The molecular weight excluding hydrogens is 635 g/mol. The summed E-state index contributed by atoms with van der Waals surface area (Å²) in [5.41, 5.74) is -1.11. The number of halogens is 3. The van der Waals surface area contributed by atoms with Gasteiger partial charge in [0.1, 0.15) is 34.3 Å². The normalized spacial score (nSPS) is 23.9. The molecule has 49 heavy (non-hydrogen) atoms. The van der Waals surface area contributed by atoms with Crippen molar-refractivity contribution in [1.29, 1.82) is 0 Å². The topological polar surface area (TPSA) is 92.2 Å². The number of terminal acetylenes is 1. The molecule has 5 heterocycles. The maximum absolute atomic E-state index is 16.9. The number of morpholine rings is 1. The van der Waals surface area contributed by atoms with Crippen LogP contribution in [0.1, 0.15) is 31.2 Å². The van der Waals surface area contributed by atoms with Crippen molar-refractivity contribution in [2.75, 3.05) is 64.1 Å². The number of ether oxygens (including phenoxy) is 3. The van der Waals surface area contributed by atoms with Gasteiger partial charge >= 0.3 is 6.01 Å². The Labute approximate surface area is 281 Å². The number of aromatic hydroxyl groups is 1. The molecule has 9 nitrogen and oxygen atoms in total. The smallest absolute Gasteiger partial charge is 0.319 e. The summed E-state index contributed by atoms with van der Waals surface area (Å²) in [6, 6.07) is 6.89. The molecule has 2 bridgehead atoms. The minimum absolute atomic E-state index is 0.0121. The van der Waals surface area contributed by atoms with Crippen LogP contribution in [0.15, 0.2) is 30.3 Å². The third-order valence-electron chi connectivity index (χ3n) is 10.9. The van der Waals surface area contributed by atoms with Crippen molar-refractivity contribution in [3.05, 3.63) is 53.3 Å². The molecule has 0 amide bonds. The van der Waals surface area contributed by atoms with E-state index in [1.807, 2.05) is 0 Å². The molecule has 1 saturated carbocycles. The molecule has 4 saturated heterocycles. The Balaban J connectivity index is 1.12. The number of phenols is 1. The molecule has 1 spiro atoms. The summed E-state index contributed by atoms with van der Waals surface area (Å²) < 4.78 is 65.9. The van der Waals surface area contributed by atoms with Gasteiger partial charge in [-0.05, 0) is 55.3 Å². The summed E-state index contributed by atoms with van der Waals surface area (Å²) in [6.45, 7) is 5.96. The molecule has 254 valence electrons. The van der Waals surface area contributed by atoms with Gasteiger partial charge in [-0.1, -0.05) is 12.0 Å². The minimum Gasteiger partial charge on any atom is -0.508 e. The molecule has 3 aromatic carbocycles. The summed E-state index contributed by atoms with van der Waals surface area (Å²) in [4.78, 5) is 13.8. The van der Waals surface area contributed by atoms with E-state index in [-0.39, 0.29) is 62.3 Å². The van der Waals surface area contributed by atoms with Crippen molar-refractivity contribution in [3.63, 3.8) is 0 Å². The third kappa shape index (κ3) is 5.35. The molecule has 2 unspecified atom stereocenters. The number of piperazine rings is 1. The zero-order valence-electron chi connectivity index (χ0n) is 26.9. The standard InChI is InChI=1S/C37H36F3N5O4/c1-2-25-28(38)6-3-21-11-24(46)12-26(30(21)25)31-29(39)13-27-33(32(31)40)42-35(43-34(27)45-14-22-4-5-23(15-45)41-22)48-18-36(7-8-36)16-44-9-10-49-37(17-44)19-47-20-37/h1,3,6,11-13,22-23,41,46H,4-5,7-10,14-20H2. The Hall–Kier alpha value is -4.15. The monoisotopic (exact) mass is 671 g/mol. The van der Waals surface area contributed by atoms with E-state index < -0.39 is 23.0 Å². The number of benzene rings is 3. The van der Waals surface area contributed by atoms with Gasteiger partial charge in [0.05, 0.1) is 37.6 Å². The van der Waals surface area contributed by atoms with Gasteiger partial charge in [-0.15, -0.1) is 6.42 Å². The number of aromatic nitrogens is 2. The highest BCUT2D eigenvalue weighted by Gasteiger charge is 2.49. The van der Waals surface area contributed by atoms with Crippen LogP contribution in [0.25, 0.3) is 32.8 Å². The summed E-state index contributed by atoms with van der Waals surface area (Å²) in [6.07, 6.45) is 9.66. The second-order valence-corrected chi connectivity index (χ2v) is 14.5. The Morgan fingerprint density at radius 1 is 1.06 bits per heavy atom. The number of nitrogens with zero attached hydrogens (tertiary/aromatic N) is 4. The van der Waals surface area contributed by atoms with Crippen LogP contribution in [0, 0.1) is 35.2 Å². The number of phenolic OH excluding ortho intramolecular Hbond substituents is 1. The van der Waals surface area contributed by atoms with E-state index in [0.717, 1.165) is 45.3 Å². The summed E-state index contributed by atoms with van der Waals surface area (Å²) >= 11 is 0. The van der Waals surface area contributed by atoms with Gasteiger partial charge in [0, 0.05) is 66.6 Å². The molecule has 2 atom stereocenters. The second-order valence-electron chi connectivity index (χ2n) is 14.5. The average molecular weight is 672 g/mol. The van der Waals surface area contributed by atoms with E-state index >= 15 is 8.78 Å². The van der Waals surface area contributed by atoms with E-state index in [2.05, 4.69) is 26.0 Å². The van der Waals surface area contributed by atoms with Gasteiger partial charge in [0.15, 0.2) is 5.82 Å². The number of fused-ring (bicyclic) bond motifs is 4. The fourth-order valence-electron chi connectivity index (χ4n) is 8.23. The molecular formula is C37H36F3N5O4. The molecule has 2 N–H and O–H groups in total. The molecule has 5 aliphatic rings. The molecule has 5 fully saturated rings. The highest BCUT2D eigenvalue weighted by Crippen LogP contribution is 2.48. The molecule has 4 aliphatic heterocycles. The first-order valence-corrected chi connectivity index (χ1v) is 16.9. The lowest BCUT2D eigenvalue weighted by Crippen LogP contribution is -2.63. The lowest BCUT2D eigenvalue weighted by Gasteiger charge is -2.48. The first-order valence-electron chi connectivity index (χ1n) is 16.9. The highest BCUT2D eigenvalue weighted by molar-refractivity contribution is 6.04. The first-order chi connectivity index (χ1) is 23.7. The molecule has 0 radical (unpaired) electrons. The number of hydrogen-bond donors (Lipinski definition) is 2. The zero-order chi connectivity index (χ0) is 33.5. The van der Waals surface area contributed by atoms with Crippen molar-refractivity contribution in [2.45, 2.75) is 43.4 Å². The maximum Gasteiger partial charge on any atom is 0.319 e. The van der Waals surface area contributed by atoms with E-state index in [0.29, 0.717) is 50.7 Å². The lowest BCUT2D eigenvalue weighted by molar-refractivity contribution is -0.238. The highest BCUT2D eigenvalue weighted by atomic mass is 19.1. The van der Waals surface area contributed by atoms with Gasteiger partial charge in [-0.25, -0.2) is 13.2 Å². The molecule has 12 heteroatoms. The van der Waals surface area contributed by atoms with Gasteiger partial charge in [0.25, 0.3) is 0 Å². The second kappa shape index (κ2) is 11.5. The predicted octanol–water partition coefficient (Wildman–Crippen LogP) is 4.76. The number of anilines is 1. The van der Waals surface area contributed by atoms with E-state index in [9.17, 15) is 9.50 Å². The van der Waals surface area contributed by atoms with Gasteiger partial charge in [-0.2, -0.15) is 9.97 Å². The zero-order valence-corrected chi connectivity index (χ0v) is 26.9. The number of hydrogen-bond acceptors (Lipinski definition) is 9. The largest absolute Gasteiger partial charge is 0.508 e. The van der Waals surface area contributed by atoms with Crippen LogP contribution in [0.2, 0.25) is 0 Å². The Morgan fingerprint density at radius 3 is 2.57 bits per heavy atom. The van der Waals surface area contributed by atoms with Crippen molar-refractivity contribution >= 4 is 27.5 Å². The lowest BCUT2D eigenvalue weighted by atomic mass is 9.92. The van der Waals surface area contributed by atoms with Crippen LogP contribution in [-0.2, 0) is 9.47 Å². The average Bonchev–Trinajstić information content (AvgIpc) is 3.76. The Morgan fingerprint density at radius 2 is 1.86 bits per heavy atom. The molecule has 9 rings (SSSR count). The quantitative estimate of drug-likeness (QED) is 0.270. The summed E-state index contributed by atoms with van der Waals surface area (Å²) in [7, 11) is 0. The van der Waals surface area contributed by atoms with Crippen LogP contribution in [-0.4, -0.2) is 96.8 Å². The number of nitrogens with one attached hydrogen (secondary N) is 1. The van der Waals surface area contributed by atoms with E-state index in [1.165, 1.54) is 30.3 Å². The van der Waals surface area contributed by atoms with Crippen molar-refractivity contribution in [1.82, 2.24) is 20.2 Å². The van der Waals surface area contributed by atoms with E-state index in [1.54, 1.807) is 0 Å². The molecule has 1 aromatic heterocycles. The van der Waals surface area contributed by atoms with Crippen LogP contribution >= 0.6 is 0 Å². The fraction of sp³-hybridized carbons (Fsp3) is 0.459. The van der Waals surface area contributed by atoms with Crippen molar-refractivity contribution in [3.8, 4) is 35.2 Å². The third-order valence-corrected chi connectivity index (χ3v) is 10.9. The van der Waals surface area contributed by atoms with Crippen LogP contribution in [0.5, 0.6) is 11.8 Å². The van der Waals surface area contributed by atoms with Gasteiger partial charge < -0.3 is 29.5 Å². The van der Waals surface area contributed by atoms with Crippen LogP contribution < -0.4 is 15.0 Å². The maximum atomic E-state index is 16.9. The Bertz CT molecular complexity index is 2030. The SMILES string of the molecule is C#Cc1c(F)ccc2cc(O)cc(-c3c(F)cc4c(N5CC6CCC(C5)N6)nc(OCC5(CN6CCOC7(COC7)C6)CC5)nc4c3F)c12. The van der Waals surface area contributed by atoms with Crippen molar-refractivity contribution < 1.29 is 32.5 Å². The summed E-state index contributed by atoms with van der Waals surface area (Å²) in [5.74, 6) is -0.102. The Kier molecular flexibility index (Phi) is 7.22. The minimum atomic E-state index is -0.969. The van der Waals surface area contributed by atoms with E-state index in [4.69, 9.17) is 25.6 Å². The van der Waals surface area contributed by atoms with Gasteiger partial charge in [0.2, 0.25) is 0 Å². The fourth-order valence-corrected chi connectivity index (χ4v) is 8.23. The van der Waals surface area contributed by atoms with Crippen molar-refractivity contribution in [2.24, 2.45) is 5.41 Å².